The number of allylic oxidation sites excluding steroid dienone is 2. The van der Waals surface area contributed by atoms with Gasteiger partial charge in [-0.25, -0.2) is 0 Å². The van der Waals surface area contributed by atoms with Gasteiger partial charge >= 0.3 is 0 Å². The summed E-state index contributed by atoms with van der Waals surface area (Å²) >= 11 is 1.54. The van der Waals surface area contributed by atoms with Gasteiger partial charge in [-0.2, -0.15) is 0 Å². The lowest BCUT2D eigenvalue weighted by molar-refractivity contribution is -0.125. The van der Waals surface area contributed by atoms with Crippen molar-refractivity contribution in [2.24, 2.45) is 0 Å². The fourth-order valence-electron chi connectivity index (χ4n) is 3.75. The highest BCUT2D eigenvalue weighted by Gasteiger charge is 2.39. The Bertz CT molecular complexity index is 662. The third-order valence-electron chi connectivity index (χ3n) is 4.95. The van der Waals surface area contributed by atoms with Gasteiger partial charge in [0.25, 0.3) is 5.91 Å². The third kappa shape index (κ3) is 2.19. The average molecular weight is 316 g/mol. The summed E-state index contributed by atoms with van der Waals surface area (Å²) in [5.41, 5.74) is 3.79. The first-order valence-corrected chi connectivity index (χ1v) is 9.02. The Kier molecular flexibility index (Phi) is 3.53. The normalized spacial score (nSPS) is 25.0. The van der Waals surface area contributed by atoms with Gasteiger partial charge in [-0.15, -0.1) is 11.3 Å². The Labute approximate surface area is 134 Å². The summed E-state index contributed by atoms with van der Waals surface area (Å²) in [5.74, 6) is 0.0644. The number of nitrogens with one attached hydrogen (secondary N) is 1. The molecule has 0 saturated carbocycles. The number of carbonyl (C=O) groups is 2. The second kappa shape index (κ2) is 5.54. The molecular formula is C17H20N2O2S. The molecule has 1 fully saturated rings. The van der Waals surface area contributed by atoms with Gasteiger partial charge in [-0.1, -0.05) is 6.08 Å². The lowest BCUT2D eigenvalue weighted by Gasteiger charge is -2.25. The molecule has 116 valence electrons. The molecule has 1 aromatic heterocycles. The third-order valence-corrected chi connectivity index (χ3v) is 5.96. The SMILES string of the molecule is O=C1NCCCC[C@@H]1N1Cc2c(C3=CCCC3)csc2C1=O. The molecule has 0 aromatic carbocycles. The first-order chi connectivity index (χ1) is 10.8. The fraction of sp³-hybridized carbons (Fsp3) is 0.529. The van der Waals surface area contributed by atoms with Crippen LogP contribution in [0.25, 0.3) is 5.57 Å². The summed E-state index contributed by atoms with van der Waals surface area (Å²) < 4.78 is 0. The highest BCUT2D eigenvalue weighted by Crippen LogP contribution is 2.40. The van der Waals surface area contributed by atoms with Gasteiger partial charge < -0.3 is 10.2 Å². The van der Waals surface area contributed by atoms with Crippen molar-refractivity contribution in [3.05, 3.63) is 27.5 Å². The largest absolute Gasteiger partial charge is 0.354 e. The van der Waals surface area contributed by atoms with Gasteiger partial charge in [0.05, 0.1) is 4.88 Å². The topological polar surface area (TPSA) is 49.4 Å². The van der Waals surface area contributed by atoms with E-state index in [1.807, 2.05) is 0 Å². The molecule has 1 aromatic rings. The Morgan fingerprint density at radius 2 is 2.14 bits per heavy atom. The molecule has 1 aliphatic carbocycles. The van der Waals surface area contributed by atoms with Crippen LogP contribution in [0, 0.1) is 0 Å². The number of fused-ring (bicyclic) bond motifs is 1. The maximum Gasteiger partial charge on any atom is 0.265 e. The first-order valence-electron chi connectivity index (χ1n) is 8.14. The van der Waals surface area contributed by atoms with Gasteiger partial charge in [0, 0.05) is 18.7 Å². The minimum atomic E-state index is -0.292. The van der Waals surface area contributed by atoms with Crippen LogP contribution in [0.4, 0.5) is 0 Å². The van der Waals surface area contributed by atoms with Gasteiger partial charge in [0.1, 0.15) is 6.04 Å². The molecule has 0 radical (unpaired) electrons. The predicted octanol–water partition coefficient (Wildman–Crippen LogP) is 2.94. The van der Waals surface area contributed by atoms with Crippen molar-refractivity contribution >= 4 is 28.7 Å². The minimum Gasteiger partial charge on any atom is -0.354 e. The van der Waals surface area contributed by atoms with Crippen molar-refractivity contribution in [2.45, 2.75) is 51.1 Å². The molecule has 3 heterocycles. The van der Waals surface area contributed by atoms with Crippen LogP contribution in [0.3, 0.4) is 0 Å². The molecule has 0 spiro atoms. The van der Waals surface area contributed by atoms with E-state index in [1.54, 1.807) is 16.2 Å². The quantitative estimate of drug-likeness (QED) is 0.912. The lowest BCUT2D eigenvalue weighted by Crippen LogP contribution is -2.45. The molecule has 4 rings (SSSR count). The summed E-state index contributed by atoms with van der Waals surface area (Å²) in [6, 6.07) is -0.292. The molecule has 1 saturated heterocycles. The van der Waals surface area contributed by atoms with E-state index in [-0.39, 0.29) is 17.9 Å². The van der Waals surface area contributed by atoms with Crippen LogP contribution in [0.1, 0.15) is 59.3 Å². The summed E-state index contributed by atoms with van der Waals surface area (Å²) in [4.78, 5) is 27.6. The standard InChI is InChI=1S/C17H20N2O2S/c20-16-14(7-3-4-8-18-16)19-9-12-13(11-5-1-2-6-11)10-22-15(12)17(19)21/h5,10,14H,1-4,6-9H2,(H,18,20)/t14-/m0/s1. The van der Waals surface area contributed by atoms with Crippen LogP contribution in [0.2, 0.25) is 0 Å². The fourth-order valence-corrected chi connectivity index (χ4v) is 4.81. The van der Waals surface area contributed by atoms with E-state index in [0.29, 0.717) is 6.54 Å². The zero-order chi connectivity index (χ0) is 15.1. The maximum atomic E-state index is 12.7. The van der Waals surface area contributed by atoms with Crippen molar-refractivity contribution in [3.8, 4) is 0 Å². The number of amides is 2. The second-order valence-corrected chi connectivity index (χ2v) is 7.19. The van der Waals surface area contributed by atoms with Crippen molar-refractivity contribution in [2.75, 3.05) is 6.54 Å². The van der Waals surface area contributed by atoms with Crippen LogP contribution >= 0.6 is 11.3 Å². The summed E-state index contributed by atoms with van der Waals surface area (Å²) in [7, 11) is 0. The van der Waals surface area contributed by atoms with Crippen LogP contribution in [0.5, 0.6) is 0 Å². The Morgan fingerprint density at radius 1 is 1.23 bits per heavy atom. The highest BCUT2D eigenvalue weighted by atomic mass is 32.1. The molecular weight excluding hydrogens is 296 g/mol. The molecule has 2 aliphatic heterocycles. The minimum absolute atomic E-state index is 0.0163. The van der Waals surface area contributed by atoms with Crippen LogP contribution in [0.15, 0.2) is 11.5 Å². The molecule has 5 heteroatoms. The van der Waals surface area contributed by atoms with E-state index in [2.05, 4.69) is 16.8 Å². The predicted molar refractivity (Wildman–Crippen MR) is 86.7 cm³/mol. The van der Waals surface area contributed by atoms with E-state index < -0.39 is 0 Å². The number of nitrogens with zero attached hydrogens (tertiary/aromatic N) is 1. The van der Waals surface area contributed by atoms with Crippen LogP contribution < -0.4 is 5.32 Å². The van der Waals surface area contributed by atoms with Crippen molar-refractivity contribution in [1.82, 2.24) is 10.2 Å². The highest BCUT2D eigenvalue weighted by molar-refractivity contribution is 7.12. The van der Waals surface area contributed by atoms with E-state index in [0.717, 1.165) is 49.1 Å². The zero-order valence-electron chi connectivity index (χ0n) is 12.6. The van der Waals surface area contributed by atoms with Gasteiger partial charge in [-0.05, 0) is 55.0 Å². The molecule has 0 unspecified atom stereocenters. The van der Waals surface area contributed by atoms with Crippen LogP contribution in [-0.4, -0.2) is 29.3 Å². The molecule has 2 amide bonds. The average Bonchev–Trinajstić information content (AvgIpc) is 3.18. The zero-order valence-corrected chi connectivity index (χ0v) is 13.4. The number of hydrogen-bond acceptors (Lipinski definition) is 3. The summed E-state index contributed by atoms with van der Waals surface area (Å²) in [6.45, 7) is 1.33. The molecule has 1 N–H and O–H groups in total. The summed E-state index contributed by atoms with van der Waals surface area (Å²) in [5, 5.41) is 5.07. The Morgan fingerprint density at radius 3 is 2.95 bits per heavy atom. The Balaban J connectivity index is 1.62. The molecule has 1 atom stereocenters. The molecule has 22 heavy (non-hydrogen) atoms. The van der Waals surface area contributed by atoms with Crippen molar-refractivity contribution in [3.63, 3.8) is 0 Å². The number of hydrogen-bond donors (Lipinski definition) is 1. The first kappa shape index (κ1) is 14.0. The van der Waals surface area contributed by atoms with E-state index in [1.165, 1.54) is 17.6 Å². The molecule has 0 bridgehead atoms. The number of rotatable bonds is 2. The smallest absolute Gasteiger partial charge is 0.265 e. The monoisotopic (exact) mass is 316 g/mol. The van der Waals surface area contributed by atoms with Crippen LogP contribution in [-0.2, 0) is 11.3 Å². The molecule has 3 aliphatic rings. The summed E-state index contributed by atoms with van der Waals surface area (Å²) in [6.07, 6.45) is 8.55. The van der Waals surface area contributed by atoms with Gasteiger partial charge in [0.15, 0.2) is 0 Å². The van der Waals surface area contributed by atoms with Crippen molar-refractivity contribution in [1.29, 1.82) is 0 Å². The maximum absolute atomic E-state index is 12.7. The van der Waals surface area contributed by atoms with E-state index in [4.69, 9.17) is 0 Å². The number of thiophene rings is 1. The van der Waals surface area contributed by atoms with Crippen molar-refractivity contribution < 1.29 is 9.59 Å². The Hall–Kier alpha value is -1.62. The second-order valence-electron chi connectivity index (χ2n) is 6.31. The van der Waals surface area contributed by atoms with Gasteiger partial charge in [0.2, 0.25) is 5.91 Å². The lowest BCUT2D eigenvalue weighted by atomic mass is 10.0. The van der Waals surface area contributed by atoms with E-state index >= 15 is 0 Å². The molecule has 4 nitrogen and oxygen atoms in total. The number of carbonyl (C=O) groups excluding carboxylic acids is 2. The van der Waals surface area contributed by atoms with E-state index in [9.17, 15) is 9.59 Å². The van der Waals surface area contributed by atoms with Gasteiger partial charge in [-0.3, -0.25) is 9.59 Å².